The zero-order valence-electron chi connectivity index (χ0n) is 12.8. The fourth-order valence-electron chi connectivity index (χ4n) is 3.41. The van der Waals surface area contributed by atoms with E-state index in [1.807, 2.05) is 0 Å². The van der Waals surface area contributed by atoms with Crippen LogP contribution in [0.4, 0.5) is 9.18 Å². The minimum atomic E-state index is -0.382. The molecule has 3 aliphatic rings. The van der Waals surface area contributed by atoms with Crippen molar-refractivity contribution in [1.29, 1.82) is 0 Å². The third-order valence-corrected chi connectivity index (χ3v) is 4.75. The number of fused-ring (bicyclic) bond motifs is 1. The van der Waals surface area contributed by atoms with Gasteiger partial charge in [0.25, 0.3) is 0 Å². The second-order valence-electron chi connectivity index (χ2n) is 6.35. The minimum Gasteiger partial charge on any atom is -0.490 e. The molecule has 124 valence electrons. The van der Waals surface area contributed by atoms with E-state index in [1.165, 1.54) is 6.07 Å². The molecule has 2 saturated heterocycles. The van der Waals surface area contributed by atoms with Crippen LogP contribution in [0.2, 0.25) is 0 Å². The van der Waals surface area contributed by atoms with E-state index in [4.69, 9.17) is 9.47 Å². The summed E-state index contributed by atoms with van der Waals surface area (Å²) in [5, 5.41) is 6.21. The number of rotatable bonds is 1. The minimum absolute atomic E-state index is 0.123. The highest BCUT2D eigenvalue weighted by Gasteiger charge is 2.43. The van der Waals surface area contributed by atoms with Crippen LogP contribution in [0.15, 0.2) is 18.2 Å². The molecule has 0 radical (unpaired) electrons. The quantitative estimate of drug-likeness (QED) is 0.811. The number of hydrogen-bond acceptors (Lipinski definition) is 4. The van der Waals surface area contributed by atoms with Crippen molar-refractivity contribution < 1.29 is 18.7 Å². The SMILES string of the molecule is O=C(N[C@H]1CCOc2c(F)cccc21)N1CCOC2(CNC2)C1. The van der Waals surface area contributed by atoms with Gasteiger partial charge in [-0.05, 0) is 6.07 Å². The molecule has 6 nitrogen and oxygen atoms in total. The van der Waals surface area contributed by atoms with Crippen LogP contribution in [0.5, 0.6) is 5.75 Å². The zero-order chi connectivity index (χ0) is 15.9. The highest BCUT2D eigenvalue weighted by atomic mass is 19.1. The number of hydrogen-bond donors (Lipinski definition) is 2. The summed E-state index contributed by atoms with van der Waals surface area (Å²) in [6.07, 6.45) is 0.638. The Morgan fingerprint density at radius 1 is 1.39 bits per heavy atom. The number of morpholine rings is 1. The molecule has 3 aliphatic heterocycles. The molecule has 2 fully saturated rings. The summed E-state index contributed by atoms with van der Waals surface area (Å²) < 4.78 is 25.0. The van der Waals surface area contributed by atoms with Crippen LogP contribution < -0.4 is 15.4 Å². The smallest absolute Gasteiger partial charge is 0.318 e. The maximum atomic E-state index is 13.8. The normalized spacial score (nSPS) is 25.3. The Hall–Kier alpha value is -1.86. The van der Waals surface area contributed by atoms with Crippen molar-refractivity contribution in [2.75, 3.05) is 39.4 Å². The lowest BCUT2D eigenvalue weighted by Crippen LogP contribution is -2.70. The molecule has 7 heteroatoms. The van der Waals surface area contributed by atoms with Crippen LogP contribution in [0, 0.1) is 5.82 Å². The first-order valence-electron chi connectivity index (χ1n) is 7.98. The van der Waals surface area contributed by atoms with Crippen molar-refractivity contribution >= 4 is 6.03 Å². The van der Waals surface area contributed by atoms with Gasteiger partial charge in [-0.1, -0.05) is 12.1 Å². The van der Waals surface area contributed by atoms with Gasteiger partial charge >= 0.3 is 6.03 Å². The summed E-state index contributed by atoms with van der Waals surface area (Å²) in [7, 11) is 0. The highest BCUT2D eigenvalue weighted by Crippen LogP contribution is 2.34. The monoisotopic (exact) mass is 321 g/mol. The van der Waals surface area contributed by atoms with Crippen molar-refractivity contribution in [2.24, 2.45) is 0 Å². The standard InChI is InChI=1S/C16H20FN3O3/c17-12-3-1-2-11-13(4-6-22-14(11)12)19-15(21)20-5-7-23-16(10-20)8-18-9-16/h1-3,13,18H,4-10H2,(H,19,21)/t13-/m0/s1. The fourth-order valence-corrected chi connectivity index (χ4v) is 3.41. The number of para-hydroxylation sites is 1. The van der Waals surface area contributed by atoms with E-state index in [1.54, 1.807) is 17.0 Å². The second-order valence-corrected chi connectivity index (χ2v) is 6.35. The van der Waals surface area contributed by atoms with Gasteiger partial charge in [-0.15, -0.1) is 0 Å². The van der Waals surface area contributed by atoms with Crippen LogP contribution in [0.3, 0.4) is 0 Å². The predicted molar refractivity (Wildman–Crippen MR) is 80.9 cm³/mol. The van der Waals surface area contributed by atoms with E-state index < -0.39 is 0 Å². The van der Waals surface area contributed by atoms with Gasteiger partial charge in [0, 0.05) is 31.6 Å². The topological polar surface area (TPSA) is 62.8 Å². The average Bonchev–Trinajstić information content (AvgIpc) is 2.54. The number of benzene rings is 1. The molecule has 1 atom stereocenters. The summed E-state index contributed by atoms with van der Waals surface area (Å²) in [5.74, 6) is -0.127. The van der Waals surface area contributed by atoms with Gasteiger partial charge in [0.2, 0.25) is 0 Å². The molecule has 0 unspecified atom stereocenters. The van der Waals surface area contributed by atoms with Gasteiger partial charge in [0.1, 0.15) is 5.60 Å². The summed E-state index contributed by atoms with van der Waals surface area (Å²) in [5.41, 5.74) is 0.479. The van der Waals surface area contributed by atoms with Crippen molar-refractivity contribution in [3.8, 4) is 5.75 Å². The summed E-state index contributed by atoms with van der Waals surface area (Å²) in [6.45, 7) is 3.67. The van der Waals surface area contributed by atoms with Crippen molar-refractivity contribution in [3.63, 3.8) is 0 Å². The molecule has 2 amide bonds. The van der Waals surface area contributed by atoms with Gasteiger partial charge in [-0.25, -0.2) is 9.18 Å². The number of amides is 2. The molecule has 1 aromatic rings. The molecule has 0 aromatic heterocycles. The molecular formula is C16H20FN3O3. The number of nitrogens with zero attached hydrogens (tertiary/aromatic N) is 1. The number of nitrogens with one attached hydrogen (secondary N) is 2. The van der Waals surface area contributed by atoms with Crippen LogP contribution in [0.1, 0.15) is 18.0 Å². The van der Waals surface area contributed by atoms with Gasteiger partial charge in [0.05, 0.1) is 25.8 Å². The third-order valence-electron chi connectivity index (χ3n) is 4.75. The summed E-state index contributed by atoms with van der Waals surface area (Å²) in [4.78, 5) is 14.4. The molecule has 23 heavy (non-hydrogen) atoms. The van der Waals surface area contributed by atoms with Gasteiger partial charge < -0.3 is 25.0 Å². The van der Waals surface area contributed by atoms with Gasteiger partial charge in [-0.2, -0.15) is 0 Å². The summed E-state index contributed by atoms with van der Waals surface area (Å²) in [6, 6.07) is 4.48. The third kappa shape index (κ3) is 2.64. The molecule has 4 rings (SSSR count). The van der Waals surface area contributed by atoms with Gasteiger partial charge in [-0.3, -0.25) is 0 Å². The first-order valence-corrected chi connectivity index (χ1v) is 7.98. The number of urea groups is 1. The number of ether oxygens (including phenoxy) is 2. The predicted octanol–water partition coefficient (Wildman–Crippen LogP) is 1.03. The Bertz CT molecular complexity index is 621. The largest absolute Gasteiger partial charge is 0.490 e. The van der Waals surface area contributed by atoms with Crippen molar-refractivity contribution in [2.45, 2.75) is 18.1 Å². The maximum absolute atomic E-state index is 13.8. The van der Waals surface area contributed by atoms with E-state index in [0.717, 1.165) is 13.1 Å². The average molecular weight is 321 g/mol. The van der Waals surface area contributed by atoms with Crippen LogP contribution in [0.25, 0.3) is 0 Å². The maximum Gasteiger partial charge on any atom is 0.318 e. The lowest BCUT2D eigenvalue weighted by atomic mass is 9.95. The van der Waals surface area contributed by atoms with Crippen LogP contribution in [-0.2, 0) is 4.74 Å². The van der Waals surface area contributed by atoms with Crippen molar-refractivity contribution in [1.82, 2.24) is 15.5 Å². The number of carbonyl (C=O) groups is 1. The van der Waals surface area contributed by atoms with E-state index in [9.17, 15) is 9.18 Å². The van der Waals surface area contributed by atoms with E-state index in [0.29, 0.717) is 38.3 Å². The molecule has 0 bridgehead atoms. The lowest BCUT2D eigenvalue weighted by Gasteiger charge is -2.48. The number of halogens is 1. The van der Waals surface area contributed by atoms with E-state index in [-0.39, 0.29) is 29.2 Å². The molecule has 1 aromatic carbocycles. The van der Waals surface area contributed by atoms with E-state index >= 15 is 0 Å². The Morgan fingerprint density at radius 2 is 2.26 bits per heavy atom. The Kier molecular flexibility index (Phi) is 3.61. The van der Waals surface area contributed by atoms with Crippen LogP contribution >= 0.6 is 0 Å². The lowest BCUT2D eigenvalue weighted by molar-refractivity contribution is -0.125. The molecule has 2 N–H and O–H groups in total. The van der Waals surface area contributed by atoms with Crippen molar-refractivity contribution in [3.05, 3.63) is 29.6 Å². The Labute approximate surface area is 133 Å². The first kappa shape index (κ1) is 14.7. The number of carbonyl (C=O) groups excluding carboxylic acids is 1. The Morgan fingerprint density at radius 3 is 3.04 bits per heavy atom. The summed E-state index contributed by atoms with van der Waals surface area (Å²) >= 11 is 0. The molecule has 3 heterocycles. The molecule has 1 spiro atoms. The fraction of sp³-hybridized carbons (Fsp3) is 0.562. The molecular weight excluding hydrogens is 301 g/mol. The molecule has 0 saturated carbocycles. The Balaban J connectivity index is 1.46. The molecule has 0 aliphatic carbocycles. The first-order chi connectivity index (χ1) is 11.2. The zero-order valence-corrected chi connectivity index (χ0v) is 12.8. The highest BCUT2D eigenvalue weighted by molar-refractivity contribution is 5.75. The van der Waals surface area contributed by atoms with E-state index in [2.05, 4.69) is 10.6 Å². The second kappa shape index (κ2) is 5.65. The van der Waals surface area contributed by atoms with Crippen LogP contribution in [-0.4, -0.2) is 55.9 Å². The van der Waals surface area contributed by atoms with Gasteiger partial charge in [0.15, 0.2) is 11.6 Å².